The number of carbonyl (C=O) groups excluding carboxylic acids is 1. The van der Waals surface area contributed by atoms with Crippen molar-refractivity contribution >= 4 is 11.6 Å². The van der Waals surface area contributed by atoms with Crippen LogP contribution in [0.2, 0.25) is 0 Å². The maximum absolute atomic E-state index is 11.4. The minimum absolute atomic E-state index is 0.0276. The minimum atomic E-state index is -0.0276. The third-order valence-electron chi connectivity index (χ3n) is 3.81. The van der Waals surface area contributed by atoms with Gasteiger partial charge in [-0.3, -0.25) is 9.36 Å². The summed E-state index contributed by atoms with van der Waals surface area (Å²) in [5, 5.41) is 11.1. The quantitative estimate of drug-likeness (QED) is 0.771. The van der Waals surface area contributed by atoms with E-state index < -0.39 is 0 Å². The standard InChI is InChI=1S/C18H19N5O2/c1-4-17(24)20-14-5-7-15(8-6-14)25-18-10-9-16(21-22-18)23-11-19-12(2)13(23)3/h5-11H,4H2,1-3H3,(H,20,24). The molecule has 128 valence electrons. The van der Waals surface area contributed by atoms with Gasteiger partial charge in [-0.2, -0.15) is 0 Å². The molecule has 0 bridgehead atoms. The van der Waals surface area contributed by atoms with Crippen molar-refractivity contribution in [3.63, 3.8) is 0 Å². The van der Waals surface area contributed by atoms with Gasteiger partial charge in [0.25, 0.3) is 0 Å². The fourth-order valence-corrected chi connectivity index (χ4v) is 2.20. The van der Waals surface area contributed by atoms with Gasteiger partial charge in [0.2, 0.25) is 11.8 Å². The van der Waals surface area contributed by atoms with Gasteiger partial charge in [0.1, 0.15) is 12.1 Å². The van der Waals surface area contributed by atoms with Crippen LogP contribution >= 0.6 is 0 Å². The first kappa shape index (κ1) is 16.6. The maximum atomic E-state index is 11.4. The molecule has 1 N–H and O–H groups in total. The molecular formula is C18H19N5O2. The summed E-state index contributed by atoms with van der Waals surface area (Å²) in [5.74, 6) is 1.66. The highest BCUT2D eigenvalue weighted by molar-refractivity contribution is 5.90. The number of amides is 1. The molecular weight excluding hydrogens is 318 g/mol. The van der Waals surface area contributed by atoms with Crippen molar-refractivity contribution in [3.8, 4) is 17.4 Å². The van der Waals surface area contributed by atoms with Gasteiger partial charge in [-0.05, 0) is 44.2 Å². The van der Waals surface area contributed by atoms with Crippen LogP contribution in [0.1, 0.15) is 24.7 Å². The predicted molar refractivity (Wildman–Crippen MR) is 94.1 cm³/mol. The summed E-state index contributed by atoms with van der Waals surface area (Å²) in [5.41, 5.74) is 2.71. The van der Waals surface area contributed by atoms with E-state index in [1.165, 1.54) is 0 Å². The van der Waals surface area contributed by atoms with Crippen LogP contribution in [-0.4, -0.2) is 25.7 Å². The predicted octanol–water partition coefficient (Wildman–Crippen LogP) is 3.42. The van der Waals surface area contributed by atoms with Gasteiger partial charge in [-0.25, -0.2) is 4.98 Å². The van der Waals surface area contributed by atoms with Crippen LogP contribution in [0.4, 0.5) is 5.69 Å². The molecule has 2 aromatic heterocycles. The number of nitrogens with zero attached hydrogens (tertiary/aromatic N) is 4. The van der Waals surface area contributed by atoms with Gasteiger partial charge < -0.3 is 10.1 Å². The van der Waals surface area contributed by atoms with Crippen LogP contribution < -0.4 is 10.1 Å². The van der Waals surface area contributed by atoms with Crippen LogP contribution in [0.3, 0.4) is 0 Å². The van der Waals surface area contributed by atoms with Gasteiger partial charge in [0, 0.05) is 23.9 Å². The SMILES string of the molecule is CCC(=O)Nc1ccc(Oc2ccc(-n3cnc(C)c3C)nn2)cc1. The fraction of sp³-hybridized carbons (Fsp3) is 0.222. The Morgan fingerprint density at radius 2 is 1.88 bits per heavy atom. The lowest BCUT2D eigenvalue weighted by Crippen LogP contribution is -2.09. The molecule has 0 saturated heterocycles. The van der Waals surface area contributed by atoms with Crippen LogP contribution in [0.25, 0.3) is 5.82 Å². The van der Waals surface area contributed by atoms with E-state index in [-0.39, 0.29) is 5.91 Å². The molecule has 0 aliphatic rings. The van der Waals surface area contributed by atoms with Gasteiger partial charge in [-0.15, -0.1) is 10.2 Å². The molecule has 25 heavy (non-hydrogen) atoms. The highest BCUT2D eigenvalue weighted by atomic mass is 16.5. The molecule has 2 heterocycles. The molecule has 0 radical (unpaired) electrons. The highest BCUT2D eigenvalue weighted by Crippen LogP contribution is 2.22. The first-order valence-corrected chi connectivity index (χ1v) is 7.99. The lowest BCUT2D eigenvalue weighted by Gasteiger charge is -2.08. The molecule has 0 aliphatic carbocycles. The number of hydrogen-bond donors (Lipinski definition) is 1. The zero-order chi connectivity index (χ0) is 17.8. The van der Waals surface area contributed by atoms with E-state index in [4.69, 9.17) is 4.74 Å². The topological polar surface area (TPSA) is 81.9 Å². The Balaban J connectivity index is 1.69. The lowest BCUT2D eigenvalue weighted by atomic mass is 10.3. The van der Waals surface area contributed by atoms with Gasteiger partial charge in [0.15, 0.2) is 5.82 Å². The third-order valence-corrected chi connectivity index (χ3v) is 3.81. The molecule has 1 amide bonds. The normalized spacial score (nSPS) is 10.5. The number of anilines is 1. The fourth-order valence-electron chi connectivity index (χ4n) is 2.20. The van der Waals surface area contributed by atoms with Gasteiger partial charge in [0.05, 0.1) is 5.69 Å². The maximum Gasteiger partial charge on any atom is 0.238 e. The lowest BCUT2D eigenvalue weighted by molar-refractivity contribution is -0.115. The Morgan fingerprint density at radius 1 is 1.12 bits per heavy atom. The first-order valence-electron chi connectivity index (χ1n) is 7.99. The molecule has 3 rings (SSSR count). The summed E-state index contributed by atoms with van der Waals surface area (Å²) in [4.78, 5) is 15.6. The molecule has 7 nitrogen and oxygen atoms in total. The van der Waals surface area contributed by atoms with E-state index in [1.54, 1.807) is 36.7 Å². The molecule has 0 unspecified atom stereocenters. The number of aromatic nitrogens is 4. The first-order chi connectivity index (χ1) is 12.1. The number of ether oxygens (including phenoxy) is 1. The summed E-state index contributed by atoms with van der Waals surface area (Å²) >= 11 is 0. The second-order valence-electron chi connectivity index (χ2n) is 5.54. The Hall–Kier alpha value is -3.22. The summed E-state index contributed by atoms with van der Waals surface area (Å²) in [6, 6.07) is 10.7. The Kier molecular flexibility index (Phi) is 4.74. The van der Waals surface area contributed by atoms with Crippen molar-refractivity contribution in [2.24, 2.45) is 0 Å². The van der Waals surface area contributed by atoms with Crippen molar-refractivity contribution in [1.82, 2.24) is 19.7 Å². The molecule has 3 aromatic rings. The molecule has 0 saturated carbocycles. The average molecular weight is 337 g/mol. The van der Waals surface area contributed by atoms with E-state index in [9.17, 15) is 4.79 Å². The van der Waals surface area contributed by atoms with E-state index in [2.05, 4.69) is 20.5 Å². The van der Waals surface area contributed by atoms with Crippen molar-refractivity contribution in [1.29, 1.82) is 0 Å². The largest absolute Gasteiger partial charge is 0.438 e. The van der Waals surface area contributed by atoms with Gasteiger partial charge >= 0.3 is 0 Å². The Morgan fingerprint density at radius 3 is 2.44 bits per heavy atom. The summed E-state index contributed by atoms with van der Waals surface area (Å²) in [6.07, 6.45) is 2.16. The molecule has 0 atom stereocenters. The second kappa shape index (κ2) is 7.12. The third kappa shape index (κ3) is 3.82. The van der Waals surface area contributed by atoms with Crippen molar-refractivity contribution < 1.29 is 9.53 Å². The number of hydrogen-bond acceptors (Lipinski definition) is 5. The van der Waals surface area contributed by atoms with Crippen molar-refractivity contribution in [3.05, 3.63) is 54.1 Å². The van der Waals surface area contributed by atoms with Gasteiger partial charge in [-0.1, -0.05) is 6.92 Å². The summed E-state index contributed by atoms with van der Waals surface area (Å²) in [7, 11) is 0. The number of aryl methyl sites for hydroxylation is 1. The van der Waals surface area contributed by atoms with E-state index in [1.807, 2.05) is 31.4 Å². The number of rotatable bonds is 5. The number of imidazole rings is 1. The monoisotopic (exact) mass is 337 g/mol. The Labute approximate surface area is 145 Å². The van der Waals surface area contributed by atoms with E-state index in [0.717, 1.165) is 17.1 Å². The zero-order valence-corrected chi connectivity index (χ0v) is 14.4. The number of carbonyl (C=O) groups is 1. The molecule has 0 aliphatic heterocycles. The van der Waals surface area contributed by atoms with E-state index in [0.29, 0.717) is 23.9 Å². The molecule has 0 fully saturated rings. The minimum Gasteiger partial charge on any atom is -0.438 e. The van der Waals surface area contributed by atoms with Crippen LogP contribution in [0.5, 0.6) is 11.6 Å². The number of benzene rings is 1. The average Bonchev–Trinajstić information content (AvgIpc) is 2.96. The summed E-state index contributed by atoms with van der Waals surface area (Å²) in [6.45, 7) is 5.73. The number of nitrogens with one attached hydrogen (secondary N) is 1. The molecule has 0 spiro atoms. The Bertz CT molecular complexity index is 869. The van der Waals surface area contributed by atoms with E-state index >= 15 is 0 Å². The van der Waals surface area contributed by atoms with Crippen molar-refractivity contribution in [2.45, 2.75) is 27.2 Å². The molecule has 7 heteroatoms. The zero-order valence-electron chi connectivity index (χ0n) is 14.4. The highest BCUT2D eigenvalue weighted by Gasteiger charge is 2.07. The van der Waals surface area contributed by atoms with Crippen LogP contribution in [0, 0.1) is 13.8 Å². The molecule has 1 aromatic carbocycles. The van der Waals surface area contributed by atoms with Crippen LogP contribution in [-0.2, 0) is 4.79 Å². The smallest absolute Gasteiger partial charge is 0.238 e. The summed E-state index contributed by atoms with van der Waals surface area (Å²) < 4.78 is 7.55. The van der Waals surface area contributed by atoms with Crippen LogP contribution in [0.15, 0.2) is 42.7 Å². The van der Waals surface area contributed by atoms with Crippen molar-refractivity contribution in [2.75, 3.05) is 5.32 Å². The second-order valence-corrected chi connectivity index (χ2v) is 5.54.